The minimum atomic E-state index is 0.410. The Bertz CT molecular complexity index is 432. The van der Waals surface area contributed by atoms with Crippen molar-refractivity contribution in [1.82, 2.24) is 5.32 Å². The summed E-state index contributed by atoms with van der Waals surface area (Å²) in [5.74, 6) is 2.33. The maximum Gasteiger partial charge on any atom is 0.130 e. The van der Waals surface area contributed by atoms with Gasteiger partial charge in [0.15, 0.2) is 0 Å². The van der Waals surface area contributed by atoms with Crippen LogP contribution in [0, 0.1) is 5.41 Å². The highest BCUT2D eigenvalue weighted by Gasteiger charge is 2.45. The largest absolute Gasteiger partial charge is 0.496 e. The molecule has 0 heterocycles. The van der Waals surface area contributed by atoms with Gasteiger partial charge in [-0.05, 0) is 11.8 Å². The first-order valence-electron chi connectivity index (χ1n) is 6.54. The summed E-state index contributed by atoms with van der Waals surface area (Å²) in [7, 11) is 4.97. The first-order valence-corrected chi connectivity index (χ1v) is 6.54. The Kier molecular flexibility index (Phi) is 3.90. The molecule has 4 heteroatoms. The number of ether oxygens (including phenoxy) is 3. The van der Waals surface area contributed by atoms with Crippen LogP contribution in [-0.2, 0) is 6.54 Å². The fourth-order valence-electron chi connectivity index (χ4n) is 2.29. The van der Waals surface area contributed by atoms with Crippen LogP contribution in [0.15, 0.2) is 12.1 Å². The van der Waals surface area contributed by atoms with Crippen LogP contribution in [0.4, 0.5) is 0 Å². The van der Waals surface area contributed by atoms with E-state index in [2.05, 4.69) is 19.2 Å². The highest BCUT2D eigenvalue weighted by atomic mass is 16.5. The van der Waals surface area contributed by atoms with Crippen molar-refractivity contribution in [2.75, 3.05) is 21.3 Å². The molecule has 0 spiro atoms. The average molecular weight is 265 g/mol. The van der Waals surface area contributed by atoms with Crippen LogP contribution in [0.3, 0.4) is 0 Å². The van der Waals surface area contributed by atoms with Gasteiger partial charge in [0.05, 0.1) is 26.9 Å². The second kappa shape index (κ2) is 5.29. The Hall–Kier alpha value is -1.42. The molecule has 1 atom stereocenters. The number of nitrogens with one attached hydrogen (secondary N) is 1. The predicted molar refractivity (Wildman–Crippen MR) is 75.1 cm³/mol. The minimum absolute atomic E-state index is 0.410. The van der Waals surface area contributed by atoms with Gasteiger partial charge in [-0.1, -0.05) is 13.8 Å². The molecule has 1 N–H and O–H groups in total. The van der Waals surface area contributed by atoms with Gasteiger partial charge in [0.1, 0.15) is 17.2 Å². The maximum atomic E-state index is 5.43. The molecular weight excluding hydrogens is 242 g/mol. The van der Waals surface area contributed by atoms with Crippen molar-refractivity contribution in [2.24, 2.45) is 5.41 Å². The van der Waals surface area contributed by atoms with Gasteiger partial charge in [-0.25, -0.2) is 0 Å². The van der Waals surface area contributed by atoms with E-state index in [4.69, 9.17) is 14.2 Å². The second-order valence-corrected chi connectivity index (χ2v) is 5.64. The molecule has 0 radical (unpaired) electrons. The maximum absolute atomic E-state index is 5.43. The third-order valence-corrected chi connectivity index (χ3v) is 3.86. The summed E-state index contributed by atoms with van der Waals surface area (Å²) >= 11 is 0. The Morgan fingerprint density at radius 3 is 2.00 bits per heavy atom. The van der Waals surface area contributed by atoms with Gasteiger partial charge >= 0.3 is 0 Å². The van der Waals surface area contributed by atoms with Crippen molar-refractivity contribution in [3.05, 3.63) is 17.7 Å². The smallest absolute Gasteiger partial charge is 0.130 e. The zero-order chi connectivity index (χ0) is 14.0. The number of hydrogen-bond acceptors (Lipinski definition) is 4. The van der Waals surface area contributed by atoms with Crippen molar-refractivity contribution in [3.8, 4) is 17.2 Å². The SMILES string of the molecule is COc1cc(OC)c(CNC2CC2(C)C)c(OC)c1. The Morgan fingerprint density at radius 2 is 1.63 bits per heavy atom. The van der Waals surface area contributed by atoms with Crippen LogP contribution < -0.4 is 19.5 Å². The fourth-order valence-corrected chi connectivity index (χ4v) is 2.29. The van der Waals surface area contributed by atoms with Gasteiger partial charge in [0.2, 0.25) is 0 Å². The molecule has 19 heavy (non-hydrogen) atoms. The molecule has 1 aliphatic carbocycles. The van der Waals surface area contributed by atoms with Crippen LogP contribution in [0.25, 0.3) is 0 Å². The summed E-state index contributed by atoms with van der Waals surface area (Å²) in [5, 5.41) is 3.55. The summed E-state index contributed by atoms with van der Waals surface area (Å²) in [6.07, 6.45) is 1.22. The lowest BCUT2D eigenvalue weighted by Crippen LogP contribution is -2.20. The number of methoxy groups -OCH3 is 3. The van der Waals surface area contributed by atoms with Crippen LogP contribution >= 0.6 is 0 Å². The Labute approximate surface area is 115 Å². The van der Waals surface area contributed by atoms with Crippen LogP contribution in [0.2, 0.25) is 0 Å². The van der Waals surface area contributed by atoms with E-state index in [9.17, 15) is 0 Å². The lowest BCUT2D eigenvalue weighted by molar-refractivity contribution is 0.365. The van der Waals surface area contributed by atoms with Crippen molar-refractivity contribution < 1.29 is 14.2 Å². The summed E-state index contributed by atoms with van der Waals surface area (Å²) in [6.45, 7) is 5.28. The summed E-state index contributed by atoms with van der Waals surface area (Å²) < 4.78 is 16.1. The molecule has 1 fully saturated rings. The molecule has 2 rings (SSSR count). The molecule has 0 saturated heterocycles. The third-order valence-electron chi connectivity index (χ3n) is 3.86. The number of benzene rings is 1. The monoisotopic (exact) mass is 265 g/mol. The average Bonchev–Trinajstić information content (AvgIpc) is 3.02. The number of hydrogen-bond donors (Lipinski definition) is 1. The van der Waals surface area contributed by atoms with E-state index in [0.29, 0.717) is 11.5 Å². The van der Waals surface area contributed by atoms with Crippen LogP contribution in [0.5, 0.6) is 17.2 Å². The van der Waals surface area contributed by atoms with Gasteiger partial charge in [0, 0.05) is 24.7 Å². The van der Waals surface area contributed by atoms with Crippen molar-refractivity contribution in [1.29, 1.82) is 0 Å². The lowest BCUT2D eigenvalue weighted by atomic mass is 10.1. The van der Waals surface area contributed by atoms with Gasteiger partial charge in [0.25, 0.3) is 0 Å². The van der Waals surface area contributed by atoms with Gasteiger partial charge in [-0.2, -0.15) is 0 Å². The normalized spacial score (nSPS) is 19.9. The number of rotatable bonds is 6. The van der Waals surface area contributed by atoms with Gasteiger partial charge in [-0.3, -0.25) is 0 Å². The van der Waals surface area contributed by atoms with E-state index in [0.717, 1.165) is 29.4 Å². The van der Waals surface area contributed by atoms with Crippen LogP contribution in [0.1, 0.15) is 25.8 Å². The highest BCUT2D eigenvalue weighted by molar-refractivity contribution is 5.50. The van der Waals surface area contributed by atoms with E-state index >= 15 is 0 Å². The zero-order valence-electron chi connectivity index (χ0n) is 12.4. The first kappa shape index (κ1) is 14.0. The Morgan fingerprint density at radius 1 is 1.11 bits per heavy atom. The molecule has 106 valence electrons. The molecule has 0 aromatic heterocycles. The van der Waals surface area contributed by atoms with E-state index in [-0.39, 0.29) is 0 Å². The van der Waals surface area contributed by atoms with Crippen molar-refractivity contribution in [2.45, 2.75) is 32.9 Å². The summed E-state index contributed by atoms with van der Waals surface area (Å²) in [6, 6.07) is 4.35. The molecule has 1 unspecified atom stereocenters. The zero-order valence-corrected chi connectivity index (χ0v) is 12.4. The molecule has 4 nitrogen and oxygen atoms in total. The molecule has 1 saturated carbocycles. The summed E-state index contributed by atoms with van der Waals surface area (Å²) in [5.41, 5.74) is 1.45. The molecule has 0 bridgehead atoms. The Balaban J connectivity index is 2.17. The fraction of sp³-hybridized carbons (Fsp3) is 0.600. The van der Waals surface area contributed by atoms with Crippen molar-refractivity contribution >= 4 is 0 Å². The molecule has 1 aromatic carbocycles. The third kappa shape index (κ3) is 2.95. The lowest BCUT2D eigenvalue weighted by Gasteiger charge is -2.16. The molecular formula is C15H23NO3. The van der Waals surface area contributed by atoms with E-state index in [1.54, 1.807) is 21.3 Å². The minimum Gasteiger partial charge on any atom is -0.496 e. The summed E-state index contributed by atoms with van der Waals surface area (Å²) in [4.78, 5) is 0. The van der Waals surface area contributed by atoms with E-state index < -0.39 is 0 Å². The molecule has 1 aromatic rings. The molecule has 1 aliphatic rings. The van der Waals surface area contributed by atoms with Crippen LogP contribution in [-0.4, -0.2) is 27.4 Å². The molecule has 0 amide bonds. The van der Waals surface area contributed by atoms with Gasteiger partial charge < -0.3 is 19.5 Å². The topological polar surface area (TPSA) is 39.7 Å². The van der Waals surface area contributed by atoms with E-state index in [1.165, 1.54) is 6.42 Å². The van der Waals surface area contributed by atoms with Gasteiger partial charge in [-0.15, -0.1) is 0 Å². The standard InChI is InChI=1S/C15H23NO3/c1-15(2)8-14(15)16-9-11-12(18-4)6-10(17-3)7-13(11)19-5/h6-7,14,16H,8-9H2,1-5H3. The van der Waals surface area contributed by atoms with E-state index in [1.807, 2.05) is 12.1 Å². The first-order chi connectivity index (χ1) is 9.01. The van der Waals surface area contributed by atoms with Crippen molar-refractivity contribution in [3.63, 3.8) is 0 Å². The highest BCUT2D eigenvalue weighted by Crippen LogP contribution is 2.45. The molecule has 0 aliphatic heterocycles. The quantitative estimate of drug-likeness (QED) is 0.858. The predicted octanol–water partition coefficient (Wildman–Crippen LogP) is 2.60. The second-order valence-electron chi connectivity index (χ2n) is 5.64.